The SMILES string of the molecule is COc1nc(-c2cccc(-c3cccc(NC(=O)c4cn(C)c(=O)n(C)c4=O)c3Cl)c2Cl)ccc1CN1CC(NS(C)(=O)=O)C1. The van der Waals surface area contributed by atoms with Crippen LogP contribution in [0.15, 0.2) is 64.3 Å². The number of rotatable bonds is 9. The van der Waals surface area contributed by atoms with Crippen LogP contribution in [-0.2, 0) is 30.7 Å². The van der Waals surface area contributed by atoms with Gasteiger partial charge in [0.15, 0.2) is 0 Å². The Kier molecular flexibility index (Phi) is 9.19. The van der Waals surface area contributed by atoms with Gasteiger partial charge in [0.05, 0.1) is 34.8 Å². The molecule has 0 spiro atoms. The van der Waals surface area contributed by atoms with Crippen molar-refractivity contribution in [2.24, 2.45) is 14.1 Å². The molecular weight excluding hydrogens is 643 g/mol. The minimum absolute atomic E-state index is 0.126. The molecule has 0 radical (unpaired) electrons. The molecule has 1 amide bonds. The summed E-state index contributed by atoms with van der Waals surface area (Å²) in [4.78, 5) is 44.4. The maximum absolute atomic E-state index is 13.0. The molecule has 12 nitrogen and oxygen atoms in total. The Morgan fingerprint density at radius 1 is 1.00 bits per heavy atom. The second-order valence-corrected chi connectivity index (χ2v) is 13.3. The van der Waals surface area contributed by atoms with Gasteiger partial charge in [-0.05, 0) is 12.1 Å². The molecule has 0 aliphatic carbocycles. The summed E-state index contributed by atoms with van der Waals surface area (Å²) in [6.45, 7) is 1.69. The van der Waals surface area contributed by atoms with E-state index < -0.39 is 27.2 Å². The Balaban J connectivity index is 1.40. The minimum Gasteiger partial charge on any atom is -0.481 e. The van der Waals surface area contributed by atoms with E-state index in [2.05, 4.69) is 14.9 Å². The molecule has 2 N–H and O–H groups in total. The summed E-state index contributed by atoms with van der Waals surface area (Å²) in [6, 6.07) is 14.1. The summed E-state index contributed by atoms with van der Waals surface area (Å²) in [7, 11) is 1.01. The van der Waals surface area contributed by atoms with Crippen LogP contribution in [0, 0.1) is 0 Å². The number of likely N-dealkylation sites (tertiary alicyclic amines) is 1. The van der Waals surface area contributed by atoms with E-state index in [0.717, 1.165) is 21.0 Å². The molecule has 1 aliphatic rings. The van der Waals surface area contributed by atoms with Crippen molar-refractivity contribution >= 4 is 44.8 Å². The maximum atomic E-state index is 13.0. The number of pyridine rings is 1. The lowest BCUT2D eigenvalue weighted by Crippen LogP contribution is -2.58. The molecule has 45 heavy (non-hydrogen) atoms. The molecule has 1 aliphatic heterocycles. The monoisotopic (exact) mass is 672 g/mol. The number of ether oxygens (including phenoxy) is 1. The molecule has 15 heteroatoms. The van der Waals surface area contributed by atoms with Crippen molar-refractivity contribution in [3.05, 3.63) is 96.7 Å². The largest absolute Gasteiger partial charge is 0.481 e. The number of halogens is 2. The molecule has 0 saturated carbocycles. The lowest BCUT2D eigenvalue weighted by molar-refractivity contribution is 0.102. The van der Waals surface area contributed by atoms with E-state index in [4.69, 9.17) is 32.9 Å². The van der Waals surface area contributed by atoms with E-state index >= 15 is 0 Å². The number of sulfonamides is 1. The number of hydrogen-bond donors (Lipinski definition) is 2. The zero-order valence-electron chi connectivity index (χ0n) is 24.8. The standard InChI is InChI=1S/C30H30Cl2N6O6S/c1-36-16-22(29(40)37(2)30(36)41)27(39)33-24-10-6-8-20(26(24)32)19-7-5-9-21(25(19)31)23-12-11-17(28(34-23)44-3)13-38-14-18(15-38)35-45(4,42)43/h5-12,16,18,35H,13-15H2,1-4H3,(H,33,39). The van der Waals surface area contributed by atoms with Gasteiger partial charge in [0, 0.05) is 68.2 Å². The first kappa shape index (κ1) is 32.4. The zero-order chi connectivity index (χ0) is 32.6. The van der Waals surface area contributed by atoms with Crippen molar-refractivity contribution in [3.8, 4) is 28.3 Å². The molecule has 5 rings (SSSR count). The second-order valence-electron chi connectivity index (χ2n) is 10.7. The van der Waals surface area contributed by atoms with Gasteiger partial charge in [-0.1, -0.05) is 59.6 Å². The third-order valence-corrected chi connectivity index (χ3v) is 8.94. The molecule has 0 bridgehead atoms. The molecule has 3 heterocycles. The van der Waals surface area contributed by atoms with Crippen LogP contribution in [-0.4, -0.2) is 65.8 Å². The lowest BCUT2D eigenvalue weighted by atomic mass is 10.00. The Hall–Kier alpha value is -4.01. The van der Waals surface area contributed by atoms with Gasteiger partial charge in [-0.2, -0.15) is 0 Å². The van der Waals surface area contributed by atoms with Gasteiger partial charge in [0.1, 0.15) is 5.56 Å². The third-order valence-electron chi connectivity index (χ3n) is 7.37. The van der Waals surface area contributed by atoms with E-state index in [-0.39, 0.29) is 22.3 Å². The smallest absolute Gasteiger partial charge is 0.330 e. The number of nitrogens with zero attached hydrogens (tertiary/aromatic N) is 4. The normalized spacial score (nSPS) is 13.8. The van der Waals surface area contributed by atoms with Gasteiger partial charge in [0.2, 0.25) is 15.9 Å². The lowest BCUT2D eigenvalue weighted by Gasteiger charge is -2.39. The first-order valence-corrected chi connectivity index (χ1v) is 16.3. The van der Waals surface area contributed by atoms with Crippen LogP contribution in [0.25, 0.3) is 22.4 Å². The van der Waals surface area contributed by atoms with Crippen molar-refractivity contribution in [1.29, 1.82) is 0 Å². The van der Waals surface area contributed by atoms with E-state index in [0.29, 0.717) is 52.9 Å². The molecule has 0 atom stereocenters. The highest BCUT2D eigenvalue weighted by atomic mass is 35.5. The van der Waals surface area contributed by atoms with Crippen LogP contribution in [0.1, 0.15) is 15.9 Å². The Morgan fingerprint density at radius 3 is 2.31 bits per heavy atom. The Morgan fingerprint density at radius 2 is 1.64 bits per heavy atom. The number of hydrogen-bond acceptors (Lipinski definition) is 8. The number of aryl methyl sites for hydroxylation is 1. The van der Waals surface area contributed by atoms with Crippen LogP contribution in [0.2, 0.25) is 10.0 Å². The number of carbonyl (C=O) groups excluding carboxylic acids is 1. The predicted octanol–water partition coefficient (Wildman–Crippen LogP) is 3.11. The van der Waals surface area contributed by atoms with Gasteiger partial charge in [-0.15, -0.1) is 0 Å². The highest BCUT2D eigenvalue weighted by Gasteiger charge is 2.29. The van der Waals surface area contributed by atoms with Gasteiger partial charge in [0.25, 0.3) is 11.5 Å². The van der Waals surface area contributed by atoms with Crippen molar-refractivity contribution in [1.82, 2.24) is 23.7 Å². The van der Waals surface area contributed by atoms with Crippen LogP contribution in [0.5, 0.6) is 5.88 Å². The average molecular weight is 674 g/mol. The van der Waals surface area contributed by atoms with Crippen LogP contribution < -0.4 is 26.0 Å². The number of nitrogens with one attached hydrogen (secondary N) is 2. The molecule has 0 unspecified atom stereocenters. The number of aromatic nitrogens is 3. The first-order chi connectivity index (χ1) is 21.3. The molecule has 1 saturated heterocycles. The quantitative estimate of drug-likeness (QED) is 0.276. The van der Waals surface area contributed by atoms with Gasteiger partial charge >= 0.3 is 5.69 Å². The van der Waals surface area contributed by atoms with Gasteiger partial charge in [-0.3, -0.25) is 19.1 Å². The molecule has 2 aromatic heterocycles. The highest BCUT2D eigenvalue weighted by molar-refractivity contribution is 7.88. The van der Waals surface area contributed by atoms with E-state index in [1.165, 1.54) is 27.4 Å². The third kappa shape index (κ3) is 6.82. The maximum Gasteiger partial charge on any atom is 0.330 e. The summed E-state index contributed by atoms with van der Waals surface area (Å²) in [5, 5.41) is 3.24. The van der Waals surface area contributed by atoms with Gasteiger partial charge < -0.3 is 14.6 Å². The summed E-state index contributed by atoms with van der Waals surface area (Å²) < 4.78 is 33.1. The van der Waals surface area contributed by atoms with Crippen molar-refractivity contribution in [2.45, 2.75) is 12.6 Å². The average Bonchev–Trinajstić information content (AvgIpc) is 2.97. The summed E-state index contributed by atoms with van der Waals surface area (Å²) in [5.74, 6) is -0.303. The van der Waals surface area contributed by atoms with Gasteiger partial charge in [-0.25, -0.2) is 22.9 Å². The van der Waals surface area contributed by atoms with Crippen LogP contribution in [0.3, 0.4) is 0 Å². The number of methoxy groups -OCH3 is 1. The second kappa shape index (κ2) is 12.8. The number of benzene rings is 2. The molecular formula is C30H30Cl2N6O6S. The molecule has 1 fully saturated rings. The van der Waals surface area contributed by atoms with E-state index in [9.17, 15) is 22.8 Å². The van der Waals surface area contributed by atoms with Crippen LogP contribution in [0.4, 0.5) is 5.69 Å². The van der Waals surface area contributed by atoms with Crippen molar-refractivity contribution in [3.63, 3.8) is 0 Å². The fourth-order valence-corrected chi connectivity index (χ4v) is 6.52. The summed E-state index contributed by atoms with van der Waals surface area (Å²) in [6.07, 6.45) is 2.33. The highest BCUT2D eigenvalue weighted by Crippen LogP contribution is 2.41. The Labute approximate surface area is 269 Å². The zero-order valence-corrected chi connectivity index (χ0v) is 27.1. The number of amides is 1. The number of anilines is 1. The fourth-order valence-electron chi connectivity index (χ4n) is 5.16. The fraction of sp³-hybridized carbons (Fsp3) is 0.267. The Bertz CT molecular complexity index is 2040. The topological polar surface area (TPSA) is 145 Å². The molecule has 2 aromatic carbocycles. The molecule has 236 valence electrons. The first-order valence-electron chi connectivity index (χ1n) is 13.7. The minimum atomic E-state index is -3.26. The molecule has 4 aromatic rings. The van der Waals surface area contributed by atoms with Crippen molar-refractivity contribution in [2.75, 3.05) is 31.8 Å². The summed E-state index contributed by atoms with van der Waals surface area (Å²) in [5.41, 5.74) is 1.90. The number of carbonyl (C=O) groups is 1. The van der Waals surface area contributed by atoms with Crippen molar-refractivity contribution < 1.29 is 17.9 Å². The van der Waals surface area contributed by atoms with E-state index in [1.807, 2.05) is 24.3 Å². The van der Waals surface area contributed by atoms with E-state index in [1.54, 1.807) is 24.3 Å². The summed E-state index contributed by atoms with van der Waals surface area (Å²) >= 11 is 13.7. The predicted molar refractivity (Wildman–Crippen MR) is 174 cm³/mol. The van der Waals surface area contributed by atoms with Crippen LogP contribution >= 0.6 is 23.2 Å².